The minimum atomic E-state index is -1.63. The van der Waals surface area contributed by atoms with E-state index in [0.717, 1.165) is 44.1 Å². The number of hydrogen-bond acceptors (Lipinski definition) is 12. The molecule has 8 N–H and O–H groups in total. The molecule has 4 aliphatic carbocycles. The van der Waals surface area contributed by atoms with E-state index in [2.05, 4.69) is 40.7 Å². The van der Waals surface area contributed by atoms with Gasteiger partial charge in [-0.05, 0) is 124 Å². The topological polar surface area (TPSA) is 199 Å². The standard InChI is InChI=1S/C41H70O12/c1-21(2)10-9-14-41(8,53-36-34(49)32(47)31(46)25(52-36)20-51-35-33(48)30(45)24(43)19-50-35)22-11-16-40(7)29(22)23(42)18-27-38(5)15-13-28(44)37(3,4)26(38)12-17-39(27,40)6/h10,22-36,42-49H,9,11-20H2,1-8H3/t22?,23-,24-,25-,26?,27?,28+,29?,30+,31-,32+,33-,34-,35+,36+,38+,39-,40-,41+/m1/s1. The fourth-order valence-corrected chi connectivity index (χ4v) is 12.9. The molecule has 0 amide bonds. The fraction of sp³-hybridized carbons (Fsp3) is 0.951. The van der Waals surface area contributed by atoms with Crippen molar-refractivity contribution in [2.75, 3.05) is 13.2 Å². The molecule has 19 atom stereocenters. The molecule has 4 saturated carbocycles. The zero-order valence-corrected chi connectivity index (χ0v) is 33.2. The molecule has 0 aromatic carbocycles. The summed E-state index contributed by atoms with van der Waals surface area (Å²) in [6.07, 6.45) is -4.18. The van der Waals surface area contributed by atoms with E-state index in [9.17, 15) is 40.9 Å². The minimum absolute atomic E-state index is 0.00324. The first kappa shape index (κ1) is 41.9. The molecule has 6 fully saturated rings. The van der Waals surface area contributed by atoms with Gasteiger partial charge in [0.15, 0.2) is 12.6 Å². The average molecular weight is 755 g/mol. The summed E-state index contributed by atoms with van der Waals surface area (Å²) >= 11 is 0. The van der Waals surface area contributed by atoms with Crippen molar-refractivity contribution in [3.63, 3.8) is 0 Å². The van der Waals surface area contributed by atoms with Crippen molar-refractivity contribution in [1.82, 2.24) is 0 Å². The molecule has 4 unspecified atom stereocenters. The van der Waals surface area contributed by atoms with Crippen LogP contribution in [-0.2, 0) is 18.9 Å². The quantitative estimate of drug-likeness (QED) is 0.161. The highest BCUT2D eigenvalue weighted by atomic mass is 16.7. The molecule has 2 saturated heterocycles. The molecular formula is C41H70O12. The number of ether oxygens (including phenoxy) is 4. The predicted molar refractivity (Wildman–Crippen MR) is 195 cm³/mol. The number of aliphatic hydroxyl groups is 8. The van der Waals surface area contributed by atoms with Crippen LogP contribution in [0, 0.1) is 45.3 Å². The van der Waals surface area contributed by atoms with Gasteiger partial charge in [0, 0.05) is 0 Å². The highest BCUT2D eigenvalue weighted by Crippen LogP contribution is 2.76. The van der Waals surface area contributed by atoms with Crippen LogP contribution < -0.4 is 0 Å². The fourth-order valence-electron chi connectivity index (χ4n) is 12.9. The van der Waals surface area contributed by atoms with E-state index in [4.69, 9.17) is 18.9 Å². The second-order valence-corrected chi connectivity index (χ2v) is 19.7. The summed E-state index contributed by atoms with van der Waals surface area (Å²) in [5, 5.41) is 87.0. The van der Waals surface area contributed by atoms with Crippen LogP contribution in [0.1, 0.15) is 113 Å². The smallest absolute Gasteiger partial charge is 0.187 e. The third-order valence-electron chi connectivity index (χ3n) is 16.3. The van der Waals surface area contributed by atoms with Gasteiger partial charge < -0.3 is 59.8 Å². The molecule has 0 aromatic heterocycles. The summed E-state index contributed by atoms with van der Waals surface area (Å²) in [4.78, 5) is 0. The van der Waals surface area contributed by atoms with Gasteiger partial charge in [0.05, 0.1) is 31.0 Å². The van der Waals surface area contributed by atoms with Gasteiger partial charge in [-0.3, -0.25) is 0 Å². The van der Waals surface area contributed by atoms with Crippen LogP contribution in [-0.4, -0.2) is 127 Å². The monoisotopic (exact) mass is 754 g/mol. The molecule has 0 bridgehead atoms. The van der Waals surface area contributed by atoms with Gasteiger partial charge in [-0.25, -0.2) is 0 Å². The summed E-state index contributed by atoms with van der Waals surface area (Å²) in [5.74, 6) is 0.469. The lowest BCUT2D eigenvalue weighted by molar-refractivity contribution is -0.345. The summed E-state index contributed by atoms with van der Waals surface area (Å²) < 4.78 is 24.1. The van der Waals surface area contributed by atoms with E-state index in [1.165, 1.54) is 0 Å². The molecule has 306 valence electrons. The Balaban J connectivity index is 1.26. The van der Waals surface area contributed by atoms with Crippen molar-refractivity contribution in [3.05, 3.63) is 11.6 Å². The average Bonchev–Trinajstić information content (AvgIpc) is 3.47. The Morgan fingerprint density at radius 3 is 2.09 bits per heavy atom. The van der Waals surface area contributed by atoms with Crippen LogP contribution >= 0.6 is 0 Å². The molecule has 2 aliphatic heterocycles. The van der Waals surface area contributed by atoms with Crippen LogP contribution in [0.5, 0.6) is 0 Å². The van der Waals surface area contributed by atoms with Gasteiger partial charge in [0.25, 0.3) is 0 Å². The van der Waals surface area contributed by atoms with E-state index in [-0.39, 0.29) is 52.8 Å². The molecular weight excluding hydrogens is 684 g/mol. The second-order valence-electron chi connectivity index (χ2n) is 19.7. The molecule has 12 heteroatoms. The van der Waals surface area contributed by atoms with Crippen molar-refractivity contribution in [2.45, 2.75) is 186 Å². The van der Waals surface area contributed by atoms with Crippen molar-refractivity contribution in [1.29, 1.82) is 0 Å². The van der Waals surface area contributed by atoms with Gasteiger partial charge in [0.1, 0.15) is 42.7 Å². The molecule has 2 heterocycles. The van der Waals surface area contributed by atoms with Crippen LogP contribution in [0.25, 0.3) is 0 Å². The Morgan fingerprint density at radius 2 is 1.42 bits per heavy atom. The lowest BCUT2D eigenvalue weighted by Crippen LogP contribution is -2.67. The van der Waals surface area contributed by atoms with E-state index >= 15 is 0 Å². The molecule has 53 heavy (non-hydrogen) atoms. The number of hydrogen-bond donors (Lipinski definition) is 8. The maximum atomic E-state index is 12.4. The highest BCUT2D eigenvalue weighted by molar-refractivity contribution is 5.20. The largest absolute Gasteiger partial charge is 0.393 e. The van der Waals surface area contributed by atoms with Gasteiger partial charge in [0.2, 0.25) is 0 Å². The Bertz CT molecular complexity index is 1320. The zero-order valence-electron chi connectivity index (χ0n) is 33.2. The van der Waals surface area contributed by atoms with Gasteiger partial charge in [-0.1, -0.05) is 46.3 Å². The molecule has 0 spiro atoms. The second kappa shape index (κ2) is 14.9. The Kier molecular flexibility index (Phi) is 11.8. The van der Waals surface area contributed by atoms with E-state index < -0.39 is 67.0 Å². The lowest BCUT2D eigenvalue weighted by atomic mass is 9.35. The maximum Gasteiger partial charge on any atom is 0.187 e. The molecule has 0 radical (unpaired) electrons. The Morgan fingerprint density at radius 1 is 0.755 bits per heavy atom. The van der Waals surface area contributed by atoms with Gasteiger partial charge >= 0.3 is 0 Å². The van der Waals surface area contributed by atoms with Gasteiger partial charge in [-0.15, -0.1) is 0 Å². The van der Waals surface area contributed by atoms with Crippen LogP contribution in [0.3, 0.4) is 0 Å². The van der Waals surface area contributed by atoms with Crippen molar-refractivity contribution in [3.8, 4) is 0 Å². The minimum Gasteiger partial charge on any atom is -0.393 e. The zero-order chi connectivity index (χ0) is 39.1. The first-order chi connectivity index (χ1) is 24.6. The summed E-state index contributed by atoms with van der Waals surface area (Å²) in [7, 11) is 0. The number of aliphatic hydroxyl groups excluding tert-OH is 8. The van der Waals surface area contributed by atoms with Crippen molar-refractivity contribution >= 4 is 0 Å². The molecule has 6 aliphatic rings. The van der Waals surface area contributed by atoms with Gasteiger partial charge in [-0.2, -0.15) is 0 Å². The predicted octanol–water partition coefficient (Wildman–Crippen LogP) is 2.79. The number of allylic oxidation sites excluding steroid dienone is 2. The molecule has 6 rings (SSSR count). The van der Waals surface area contributed by atoms with Crippen LogP contribution in [0.4, 0.5) is 0 Å². The first-order valence-electron chi connectivity index (χ1n) is 20.3. The summed E-state index contributed by atoms with van der Waals surface area (Å²) in [5.41, 5.74) is -0.185. The lowest BCUT2D eigenvalue weighted by Gasteiger charge is -2.70. The van der Waals surface area contributed by atoms with Crippen LogP contribution in [0.2, 0.25) is 0 Å². The molecule has 0 aromatic rings. The van der Waals surface area contributed by atoms with Crippen molar-refractivity contribution in [2.24, 2.45) is 45.3 Å². The summed E-state index contributed by atoms with van der Waals surface area (Å²) in [6.45, 7) is 17.2. The first-order valence-corrected chi connectivity index (χ1v) is 20.3. The Labute approximate surface area is 315 Å². The number of fused-ring (bicyclic) bond motifs is 5. The normalized spacial score (nSPS) is 52.1. The summed E-state index contributed by atoms with van der Waals surface area (Å²) in [6, 6.07) is 0. The Hall–Kier alpha value is -0.740. The third kappa shape index (κ3) is 6.90. The van der Waals surface area contributed by atoms with E-state index in [0.29, 0.717) is 31.1 Å². The van der Waals surface area contributed by atoms with Crippen LogP contribution in [0.15, 0.2) is 11.6 Å². The van der Waals surface area contributed by atoms with Crippen molar-refractivity contribution < 1.29 is 59.8 Å². The molecule has 12 nitrogen and oxygen atoms in total. The number of rotatable bonds is 9. The third-order valence-corrected chi connectivity index (χ3v) is 16.3. The van der Waals surface area contributed by atoms with E-state index in [1.807, 2.05) is 20.8 Å². The highest BCUT2D eigenvalue weighted by Gasteiger charge is 2.71. The maximum absolute atomic E-state index is 12.4. The SMILES string of the molecule is CC(C)=CCC[C@](C)(O[C@@H]1O[C@H](CO[C@@H]2OC[C@@H](O)[C@H](O)[C@H]2O)[C@@H](O)[C@H](O)[C@H]1O)C1CC[C@]2(C)C1[C@H](O)CC1[C@@]3(C)CC[C@H](O)C(C)(C)C3CC[C@]12C. The van der Waals surface area contributed by atoms with E-state index in [1.54, 1.807) is 0 Å².